The Balaban J connectivity index is 2.80. The van der Waals surface area contributed by atoms with E-state index >= 15 is 0 Å². The third-order valence-electron chi connectivity index (χ3n) is 2.85. The predicted octanol–water partition coefficient (Wildman–Crippen LogP) is 2.33. The Hall–Kier alpha value is -0.540. The highest BCUT2D eigenvalue weighted by Gasteiger charge is 2.18. The van der Waals surface area contributed by atoms with Crippen LogP contribution < -0.4 is 0 Å². The van der Waals surface area contributed by atoms with Gasteiger partial charge < -0.3 is 5.11 Å². The largest absolute Gasteiger partial charge is 0.393 e. The summed E-state index contributed by atoms with van der Waals surface area (Å²) in [5.74, 6) is 0.210. The van der Waals surface area contributed by atoms with Crippen molar-refractivity contribution < 1.29 is 5.11 Å². The number of aromatic nitrogens is 2. The van der Waals surface area contributed by atoms with Gasteiger partial charge in [0.1, 0.15) is 0 Å². The van der Waals surface area contributed by atoms with E-state index in [2.05, 4.69) is 5.10 Å². The Labute approximate surface area is 96.1 Å². The van der Waals surface area contributed by atoms with Crippen molar-refractivity contribution in [3.8, 4) is 0 Å². The first-order valence-electron chi connectivity index (χ1n) is 5.33. The fourth-order valence-electron chi connectivity index (χ4n) is 1.75. The molecule has 2 atom stereocenters. The molecule has 1 heterocycles. The van der Waals surface area contributed by atoms with Gasteiger partial charge in [-0.15, -0.1) is 0 Å². The zero-order valence-electron chi connectivity index (χ0n) is 9.79. The molecule has 0 bridgehead atoms. The van der Waals surface area contributed by atoms with E-state index in [9.17, 15) is 5.11 Å². The molecule has 0 saturated heterocycles. The molecular formula is C11H19ClN2O. The first-order valence-corrected chi connectivity index (χ1v) is 5.71. The van der Waals surface area contributed by atoms with Gasteiger partial charge in [0.15, 0.2) is 0 Å². The molecule has 0 aliphatic heterocycles. The minimum atomic E-state index is -0.267. The van der Waals surface area contributed by atoms with Crippen molar-refractivity contribution in [3.05, 3.63) is 16.4 Å². The second-order valence-electron chi connectivity index (χ2n) is 4.13. The van der Waals surface area contributed by atoms with E-state index in [1.165, 1.54) is 0 Å². The smallest absolute Gasteiger partial charge is 0.0847 e. The second kappa shape index (κ2) is 4.99. The number of hydrogen-bond acceptors (Lipinski definition) is 2. The number of aryl methyl sites for hydroxylation is 2. The third-order valence-corrected chi connectivity index (χ3v) is 3.34. The summed E-state index contributed by atoms with van der Waals surface area (Å²) in [4.78, 5) is 0. The highest BCUT2D eigenvalue weighted by molar-refractivity contribution is 6.31. The van der Waals surface area contributed by atoms with Gasteiger partial charge in [0.25, 0.3) is 0 Å². The number of nitrogens with zero attached hydrogens (tertiary/aromatic N) is 2. The fourth-order valence-corrected chi connectivity index (χ4v) is 1.98. The lowest BCUT2D eigenvalue weighted by molar-refractivity contribution is 0.112. The normalized spacial score (nSPS) is 15.3. The maximum absolute atomic E-state index is 9.70. The van der Waals surface area contributed by atoms with Crippen LogP contribution in [-0.2, 0) is 13.5 Å². The standard InChI is InChI=1S/C11H19ClN2O/c1-5-10(15)7(2)6-9-11(12)8(3)13-14(9)4/h7,10,15H,5-6H2,1-4H3. The molecule has 1 N–H and O–H groups in total. The zero-order valence-corrected chi connectivity index (χ0v) is 10.5. The molecule has 0 fully saturated rings. The number of aliphatic hydroxyl groups excluding tert-OH is 1. The molecule has 1 rings (SSSR count). The van der Waals surface area contributed by atoms with E-state index in [1.54, 1.807) is 4.68 Å². The van der Waals surface area contributed by atoms with E-state index < -0.39 is 0 Å². The molecule has 0 aliphatic rings. The van der Waals surface area contributed by atoms with E-state index in [1.807, 2.05) is 27.8 Å². The Morgan fingerprint density at radius 2 is 2.13 bits per heavy atom. The molecule has 0 aromatic carbocycles. The van der Waals surface area contributed by atoms with Gasteiger partial charge in [-0.05, 0) is 25.7 Å². The van der Waals surface area contributed by atoms with Crippen molar-refractivity contribution in [3.63, 3.8) is 0 Å². The zero-order chi connectivity index (χ0) is 11.6. The van der Waals surface area contributed by atoms with Crippen LogP contribution in [0.2, 0.25) is 5.02 Å². The minimum absolute atomic E-state index is 0.210. The molecule has 0 aliphatic carbocycles. The van der Waals surface area contributed by atoms with Crippen molar-refractivity contribution in [2.24, 2.45) is 13.0 Å². The molecule has 2 unspecified atom stereocenters. The van der Waals surface area contributed by atoms with Crippen molar-refractivity contribution in [2.75, 3.05) is 0 Å². The van der Waals surface area contributed by atoms with Crippen LogP contribution in [0.1, 0.15) is 31.7 Å². The first kappa shape index (κ1) is 12.5. The highest BCUT2D eigenvalue weighted by atomic mass is 35.5. The van der Waals surface area contributed by atoms with E-state index in [0.717, 1.165) is 29.3 Å². The van der Waals surface area contributed by atoms with Gasteiger partial charge in [-0.2, -0.15) is 5.10 Å². The van der Waals surface area contributed by atoms with Crippen LogP contribution in [0.15, 0.2) is 0 Å². The molecule has 4 heteroatoms. The molecule has 86 valence electrons. The summed E-state index contributed by atoms with van der Waals surface area (Å²) >= 11 is 6.14. The van der Waals surface area contributed by atoms with Gasteiger partial charge in [-0.1, -0.05) is 25.4 Å². The highest BCUT2D eigenvalue weighted by Crippen LogP contribution is 2.23. The van der Waals surface area contributed by atoms with E-state index in [-0.39, 0.29) is 12.0 Å². The van der Waals surface area contributed by atoms with Gasteiger partial charge in [0.05, 0.1) is 22.5 Å². The Morgan fingerprint density at radius 1 is 1.53 bits per heavy atom. The lowest BCUT2D eigenvalue weighted by atomic mass is 9.97. The van der Waals surface area contributed by atoms with Crippen LogP contribution in [0.3, 0.4) is 0 Å². The molecule has 0 saturated carbocycles. The second-order valence-corrected chi connectivity index (χ2v) is 4.50. The summed E-state index contributed by atoms with van der Waals surface area (Å²) in [6, 6.07) is 0. The van der Waals surface area contributed by atoms with Crippen molar-refractivity contribution in [1.82, 2.24) is 9.78 Å². The number of rotatable bonds is 4. The number of halogens is 1. The molecule has 15 heavy (non-hydrogen) atoms. The van der Waals surface area contributed by atoms with Crippen LogP contribution in [-0.4, -0.2) is 21.0 Å². The Kier molecular flexibility index (Phi) is 4.17. The van der Waals surface area contributed by atoms with E-state index in [0.29, 0.717) is 0 Å². The van der Waals surface area contributed by atoms with Crippen LogP contribution in [0.4, 0.5) is 0 Å². The van der Waals surface area contributed by atoms with Crippen molar-refractivity contribution >= 4 is 11.6 Å². The van der Waals surface area contributed by atoms with Gasteiger partial charge in [-0.3, -0.25) is 4.68 Å². The maximum atomic E-state index is 9.70. The molecule has 0 radical (unpaired) electrons. The van der Waals surface area contributed by atoms with Gasteiger partial charge >= 0.3 is 0 Å². The SMILES string of the molecule is CCC(O)C(C)Cc1c(Cl)c(C)nn1C. The number of aliphatic hydroxyl groups is 1. The summed E-state index contributed by atoms with van der Waals surface area (Å²) < 4.78 is 1.80. The number of hydrogen-bond donors (Lipinski definition) is 1. The summed E-state index contributed by atoms with van der Waals surface area (Å²) in [5, 5.41) is 14.7. The van der Waals surface area contributed by atoms with Gasteiger partial charge in [-0.25, -0.2) is 0 Å². The van der Waals surface area contributed by atoms with Crippen LogP contribution in [0, 0.1) is 12.8 Å². The van der Waals surface area contributed by atoms with Crippen molar-refractivity contribution in [1.29, 1.82) is 0 Å². The first-order chi connectivity index (χ1) is 6.97. The summed E-state index contributed by atoms with van der Waals surface area (Å²) in [5.41, 5.74) is 1.86. The fraction of sp³-hybridized carbons (Fsp3) is 0.727. The van der Waals surface area contributed by atoms with Gasteiger partial charge in [0, 0.05) is 7.05 Å². The molecular weight excluding hydrogens is 212 g/mol. The predicted molar refractivity (Wildman–Crippen MR) is 62.1 cm³/mol. The third kappa shape index (κ3) is 2.73. The lowest BCUT2D eigenvalue weighted by Gasteiger charge is -2.17. The molecule has 3 nitrogen and oxygen atoms in total. The maximum Gasteiger partial charge on any atom is 0.0847 e. The summed E-state index contributed by atoms with van der Waals surface area (Å²) in [6.45, 7) is 5.91. The van der Waals surface area contributed by atoms with Crippen LogP contribution in [0.5, 0.6) is 0 Å². The Bertz CT molecular complexity index is 336. The molecule has 1 aromatic rings. The molecule has 1 aromatic heterocycles. The topological polar surface area (TPSA) is 38.1 Å². The monoisotopic (exact) mass is 230 g/mol. The summed E-state index contributed by atoms with van der Waals surface area (Å²) in [7, 11) is 1.89. The van der Waals surface area contributed by atoms with Crippen molar-refractivity contribution in [2.45, 2.75) is 39.7 Å². The minimum Gasteiger partial charge on any atom is -0.393 e. The summed E-state index contributed by atoms with van der Waals surface area (Å²) in [6.07, 6.45) is 1.28. The lowest BCUT2D eigenvalue weighted by Crippen LogP contribution is -2.19. The molecule has 0 spiro atoms. The van der Waals surface area contributed by atoms with Crippen LogP contribution >= 0.6 is 11.6 Å². The Morgan fingerprint density at radius 3 is 2.53 bits per heavy atom. The quantitative estimate of drug-likeness (QED) is 0.862. The van der Waals surface area contributed by atoms with Gasteiger partial charge in [0.2, 0.25) is 0 Å². The average Bonchev–Trinajstić information content (AvgIpc) is 2.43. The van der Waals surface area contributed by atoms with E-state index in [4.69, 9.17) is 11.6 Å². The molecule has 0 amide bonds. The average molecular weight is 231 g/mol. The van der Waals surface area contributed by atoms with Crippen LogP contribution in [0.25, 0.3) is 0 Å².